The van der Waals surface area contributed by atoms with Crippen LogP contribution in [0.2, 0.25) is 0 Å². The molecule has 5 rings (SSSR count). The Bertz CT molecular complexity index is 1520. The van der Waals surface area contributed by atoms with E-state index in [0.29, 0.717) is 6.54 Å². The zero-order valence-corrected chi connectivity index (χ0v) is 22.5. The van der Waals surface area contributed by atoms with Gasteiger partial charge in [0.1, 0.15) is 5.00 Å². The minimum Gasteiger partial charge on any atom is -0.347 e. The normalized spacial score (nSPS) is 15.6. The third-order valence-electron chi connectivity index (χ3n) is 6.76. The Hall–Kier alpha value is -3.19. The van der Waals surface area contributed by atoms with Gasteiger partial charge in [-0.3, -0.25) is 13.7 Å². The number of hydrogen-bond donors (Lipinski definition) is 1. The van der Waals surface area contributed by atoms with Crippen LogP contribution >= 0.6 is 22.9 Å². The van der Waals surface area contributed by atoms with Crippen molar-refractivity contribution in [2.45, 2.75) is 45.9 Å². The minimum atomic E-state index is 0.103. The standard InChI is InChI=1S/C30H31N3OS2/c1-19(2)21(5)31-29-28(20(3)4)25-15-23(17-33-30(34)24-13-9-10-14-26(24)36-33)32(18-27(25)35-29)16-22-11-7-6-8-12-22/h6-14,23,31H,1,3,5,15-18H2,2,4H3. The second kappa shape index (κ2) is 10.1. The lowest BCUT2D eigenvalue weighted by Crippen LogP contribution is -2.43. The fourth-order valence-electron chi connectivity index (χ4n) is 4.83. The summed E-state index contributed by atoms with van der Waals surface area (Å²) in [6.45, 7) is 18.9. The predicted octanol–water partition coefficient (Wildman–Crippen LogP) is 7.29. The number of anilines is 1. The van der Waals surface area contributed by atoms with Crippen LogP contribution in [-0.4, -0.2) is 14.9 Å². The van der Waals surface area contributed by atoms with Crippen LogP contribution in [0.3, 0.4) is 0 Å². The molecule has 184 valence electrons. The van der Waals surface area contributed by atoms with Crippen LogP contribution in [0.25, 0.3) is 15.7 Å². The number of benzene rings is 2. The van der Waals surface area contributed by atoms with Gasteiger partial charge >= 0.3 is 0 Å². The van der Waals surface area contributed by atoms with Crippen molar-refractivity contribution in [1.29, 1.82) is 0 Å². The highest BCUT2D eigenvalue weighted by atomic mass is 32.1. The molecule has 0 bridgehead atoms. The van der Waals surface area contributed by atoms with Crippen LogP contribution < -0.4 is 10.9 Å². The Balaban J connectivity index is 1.54. The van der Waals surface area contributed by atoms with Crippen molar-refractivity contribution >= 4 is 43.5 Å². The molecule has 0 fully saturated rings. The first-order chi connectivity index (χ1) is 17.3. The number of fused-ring (bicyclic) bond motifs is 2. The Kier molecular flexibility index (Phi) is 6.84. The first-order valence-electron chi connectivity index (χ1n) is 12.1. The number of thiophene rings is 1. The lowest BCUT2D eigenvalue weighted by molar-refractivity contribution is 0.150. The van der Waals surface area contributed by atoms with Crippen molar-refractivity contribution in [1.82, 2.24) is 8.86 Å². The van der Waals surface area contributed by atoms with Gasteiger partial charge in [-0.1, -0.05) is 73.7 Å². The topological polar surface area (TPSA) is 37.3 Å². The molecule has 0 amide bonds. The van der Waals surface area contributed by atoms with Gasteiger partial charge in [-0.2, -0.15) is 0 Å². The zero-order valence-electron chi connectivity index (χ0n) is 20.8. The molecule has 36 heavy (non-hydrogen) atoms. The summed E-state index contributed by atoms with van der Waals surface area (Å²) in [5.74, 6) is 0. The fourth-order valence-corrected chi connectivity index (χ4v) is 7.25. The van der Waals surface area contributed by atoms with Crippen LogP contribution in [0.4, 0.5) is 5.00 Å². The van der Waals surface area contributed by atoms with E-state index >= 15 is 0 Å². The molecule has 1 unspecified atom stereocenters. The SMILES string of the molecule is C=C(C)C(=C)Nc1sc2c(c1C(=C)C)CC(Cn1sc3ccccc3c1=O)N(Cc1ccccc1)C2. The van der Waals surface area contributed by atoms with Crippen LogP contribution in [0.15, 0.2) is 90.4 Å². The highest BCUT2D eigenvalue weighted by Gasteiger charge is 2.32. The van der Waals surface area contributed by atoms with E-state index in [1.807, 2.05) is 35.1 Å². The number of nitrogens with one attached hydrogen (secondary N) is 1. The molecule has 1 aliphatic heterocycles. The molecule has 0 saturated carbocycles. The van der Waals surface area contributed by atoms with Gasteiger partial charge in [0.15, 0.2) is 0 Å². The Morgan fingerprint density at radius 1 is 1.06 bits per heavy atom. The van der Waals surface area contributed by atoms with E-state index in [1.54, 1.807) is 22.9 Å². The lowest BCUT2D eigenvalue weighted by Gasteiger charge is -2.36. The average molecular weight is 514 g/mol. The molecule has 4 nitrogen and oxygen atoms in total. The molecule has 2 aromatic carbocycles. The van der Waals surface area contributed by atoms with Gasteiger partial charge in [-0.25, -0.2) is 0 Å². The van der Waals surface area contributed by atoms with Gasteiger partial charge < -0.3 is 5.32 Å². The van der Waals surface area contributed by atoms with Gasteiger partial charge in [-0.15, -0.1) is 11.3 Å². The Morgan fingerprint density at radius 3 is 2.47 bits per heavy atom. The second-order valence-corrected chi connectivity index (χ2v) is 11.7. The lowest BCUT2D eigenvalue weighted by atomic mass is 9.93. The molecule has 0 aliphatic carbocycles. The Morgan fingerprint density at radius 2 is 1.78 bits per heavy atom. The maximum atomic E-state index is 13.2. The monoisotopic (exact) mass is 513 g/mol. The summed E-state index contributed by atoms with van der Waals surface area (Å²) in [6, 6.07) is 18.7. The summed E-state index contributed by atoms with van der Waals surface area (Å²) in [7, 11) is 0. The van der Waals surface area contributed by atoms with E-state index in [4.69, 9.17) is 0 Å². The summed E-state index contributed by atoms with van der Waals surface area (Å²) in [5.41, 5.74) is 6.69. The molecule has 0 spiro atoms. The van der Waals surface area contributed by atoms with Crippen molar-refractivity contribution in [3.05, 3.63) is 118 Å². The van der Waals surface area contributed by atoms with E-state index in [0.717, 1.165) is 51.4 Å². The fraction of sp³-hybridized carbons (Fsp3) is 0.233. The average Bonchev–Trinajstić information content (AvgIpc) is 3.36. The number of aromatic nitrogens is 1. The predicted molar refractivity (Wildman–Crippen MR) is 156 cm³/mol. The maximum absolute atomic E-state index is 13.2. The number of allylic oxidation sites excluding steroid dienone is 2. The summed E-state index contributed by atoms with van der Waals surface area (Å²) < 4.78 is 2.98. The van der Waals surface area contributed by atoms with Crippen molar-refractivity contribution in [3.63, 3.8) is 0 Å². The molecule has 4 aromatic rings. The van der Waals surface area contributed by atoms with Crippen LogP contribution in [0.1, 0.15) is 35.4 Å². The van der Waals surface area contributed by atoms with E-state index in [1.165, 1.54) is 21.6 Å². The number of hydrogen-bond acceptors (Lipinski definition) is 5. The third kappa shape index (κ3) is 4.76. The van der Waals surface area contributed by atoms with E-state index in [9.17, 15) is 4.79 Å². The van der Waals surface area contributed by atoms with Gasteiger partial charge in [0.2, 0.25) is 0 Å². The summed E-state index contributed by atoms with van der Waals surface area (Å²) in [6.07, 6.45) is 0.864. The molecule has 0 saturated heterocycles. The maximum Gasteiger partial charge on any atom is 0.268 e. The third-order valence-corrected chi connectivity index (χ3v) is 8.98. The molecule has 6 heteroatoms. The minimum absolute atomic E-state index is 0.103. The van der Waals surface area contributed by atoms with Gasteiger partial charge in [0.25, 0.3) is 5.56 Å². The molecule has 0 radical (unpaired) electrons. The van der Waals surface area contributed by atoms with E-state index in [2.05, 4.69) is 67.2 Å². The highest BCUT2D eigenvalue weighted by molar-refractivity contribution is 7.16. The van der Waals surface area contributed by atoms with Gasteiger partial charge in [0.05, 0.1) is 16.6 Å². The van der Waals surface area contributed by atoms with Crippen molar-refractivity contribution in [3.8, 4) is 0 Å². The summed E-state index contributed by atoms with van der Waals surface area (Å²) in [4.78, 5) is 17.1. The Labute approximate surface area is 220 Å². The van der Waals surface area contributed by atoms with Crippen molar-refractivity contribution in [2.24, 2.45) is 0 Å². The second-order valence-electron chi connectivity index (χ2n) is 9.57. The van der Waals surface area contributed by atoms with Gasteiger partial charge in [-0.05, 0) is 54.7 Å². The molecular formula is C30H31N3OS2. The van der Waals surface area contributed by atoms with Crippen LogP contribution in [0.5, 0.6) is 0 Å². The van der Waals surface area contributed by atoms with Crippen LogP contribution in [-0.2, 0) is 26.1 Å². The molecule has 1 aliphatic rings. The largest absolute Gasteiger partial charge is 0.347 e. The number of nitrogens with zero attached hydrogens (tertiary/aromatic N) is 2. The highest BCUT2D eigenvalue weighted by Crippen LogP contribution is 2.43. The summed E-state index contributed by atoms with van der Waals surface area (Å²) >= 11 is 3.35. The molecule has 2 aromatic heterocycles. The van der Waals surface area contributed by atoms with Gasteiger partial charge in [0, 0.05) is 35.3 Å². The smallest absolute Gasteiger partial charge is 0.268 e. The molecule has 1 N–H and O–H groups in total. The first kappa shape index (κ1) is 24.5. The van der Waals surface area contributed by atoms with E-state index in [-0.39, 0.29) is 11.6 Å². The quantitative estimate of drug-likeness (QED) is 0.251. The number of rotatable bonds is 8. The van der Waals surface area contributed by atoms with Crippen molar-refractivity contribution in [2.75, 3.05) is 5.32 Å². The molecular weight excluding hydrogens is 482 g/mol. The first-order valence-corrected chi connectivity index (χ1v) is 13.7. The van der Waals surface area contributed by atoms with Crippen molar-refractivity contribution < 1.29 is 0 Å². The zero-order chi connectivity index (χ0) is 25.4. The summed E-state index contributed by atoms with van der Waals surface area (Å²) in [5, 5.41) is 5.38. The van der Waals surface area contributed by atoms with Crippen LogP contribution in [0, 0.1) is 0 Å². The van der Waals surface area contributed by atoms with E-state index < -0.39 is 0 Å². The molecule has 1 atom stereocenters. The molecule has 3 heterocycles.